The van der Waals surface area contributed by atoms with Gasteiger partial charge in [-0.3, -0.25) is 9.59 Å². The Bertz CT molecular complexity index is 898. The lowest BCUT2D eigenvalue weighted by Gasteiger charge is -2.24. The summed E-state index contributed by atoms with van der Waals surface area (Å²) in [6.07, 6.45) is 8.94. The van der Waals surface area contributed by atoms with Gasteiger partial charge in [0.05, 0.1) is 10.6 Å². The number of carbonyl (C=O) groups is 1. The van der Waals surface area contributed by atoms with Crippen LogP contribution in [0.4, 0.5) is 0 Å². The number of aryl methyl sites for hydroxylation is 1. The first-order valence-electron chi connectivity index (χ1n) is 10.0. The van der Waals surface area contributed by atoms with Gasteiger partial charge in [0, 0.05) is 10.9 Å². The van der Waals surface area contributed by atoms with E-state index in [0.29, 0.717) is 17.1 Å². The lowest BCUT2D eigenvalue weighted by molar-refractivity contribution is -0.121. The summed E-state index contributed by atoms with van der Waals surface area (Å²) in [5, 5.41) is 4.20. The van der Waals surface area contributed by atoms with Crippen LogP contribution in [0.1, 0.15) is 62.8 Å². The Morgan fingerprint density at radius 2 is 2.07 bits per heavy atom. The number of hydrogen-bond donors (Lipinski definition) is 2. The van der Waals surface area contributed by atoms with Crippen LogP contribution >= 0.6 is 23.1 Å². The fraction of sp³-hybridized carbons (Fsp3) is 0.650. The van der Waals surface area contributed by atoms with Crippen molar-refractivity contribution in [3.05, 3.63) is 20.8 Å². The molecule has 146 valence electrons. The molecule has 2 aliphatic carbocycles. The van der Waals surface area contributed by atoms with Crippen LogP contribution in [0.5, 0.6) is 0 Å². The maximum absolute atomic E-state index is 12.7. The molecule has 1 saturated carbocycles. The predicted octanol–water partition coefficient (Wildman–Crippen LogP) is 4.04. The summed E-state index contributed by atoms with van der Waals surface area (Å²) in [7, 11) is 0. The molecule has 7 heteroatoms. The molecule has 0 bridgehead atoms. The van der Waals surface area contributed by atoms with E-state index in [9.17, 15) is 9.59 Å². The average molecular weight is 406 g/mol. The molecule has 0 spiro atoms. The van der Waals surface area contributed by atoms with E-state index in [1.807, 2.05) is 6.92 Å². The van der Waals surface area contributed by atoms with Gasteiger partial charge >= 0.3 is 0 Å². The fourth-order valence-electron chi connectivity index (χ4n) is 4.17. The smallest absolute Gasteiger partial charge is 0.260 e. The number of rotatable bonds is 4. The molecule has 2 aromatic rings. The summed E-state index contributed by atoms with van der Waals surface area (Å²) < 4.78 is 0. The molecule has 1 amide bonds. The molecule has 2 atom stereocenters. The third kappa shape index (κ3) is 4.09. The molecule has 2 N–H and O–H groups in total. The van der Waals surface area contributed by atoms with Gasteiger partial charge in [-0.15, -0.1) is 11.3 Å². The van der Waals surface area contributed by atoms with E-state index in [-0.39, 0.29) is 16.7 Å². The van der Waals surface area contributed by atoms with Crippen LogP contribution in [0.15, 0.2) is 9.95 Å². The van der Waals surface area contributed by atoms with Crippen molar-refractivity contribution >= 4 is 39.2 Å². The van der Waals surface area contributed by atoms with E-state index >= 15 is 0 Å². The number of nitrogens with one attached hydrogen (secondary N) is 2. The Hall–Kier alpha value is -1.34. The van der Waals surface area contributed by atoms with Crippen LogP contribution in [0.3, 0.4) is 0 Å². The number of H-pyrrole nitrogens is 1. The monoisotopic (exact) mass is 405 g/mol. The highest BCUT2D eigenvalue weighted by Crippen LogP contribution is 2.36. The van der Waals surface area contributed by atoms with Gasteiger partial charge in [-0.05, 0) is 50.5 Å². The topological polar surface area (TPSA) is 74.8 Å². The Morgan fingerprint density at radius 3 is 2.85 bits per heavy atom. The summed E-state index contributed by atoms with van der Waals surface area (Å²) in [5.41, 5.74) is 1.14. The van der Waals surface area contributed by atoms with E-state index in [1.54, 1.807) is 11.3 Å². The minimum atomic E-state index is -0.276. The Kier molecular flexibility index (Phi) is 5.60. The van der Waals surface area contributed by atoms with Gasteiger partial charge in [-0.25, -0.2) is 4.98 Å². The van der Waals surface area contributed by atoms with Gasteiger partial charge in [-0.2, -0.15) is 0 Å². The number of hydrogen-bond acceptors (Lipinski definition) is 5. The number of aromatic amines is 1. The zero-order chi connectivity index (χ0) is 19.0. The van der Waals surface area contributed by atoms with Crippen molar-refractivity contribution in [2.75, 3.05) is 0 Å². The predicted molar refractivity (Wildman–Crippen MR) is 112 cm³/mol. The summed E-state index contributed by atoms with van der Waals surface area (Å²) in [5.74, 6) is 0.705. The highest BCUT2D eigenvalue weighted by atomic mass is 32.2. The number of nitrogens with zero attached hydrogens (tertiary/aromatic N) is 1. The molecule has 4 rings (SSSR count). The average Bonchev–Trinajstić information content (AvgIpc) is 3.00. The highest BCUT2D eigenvalue weighted by Gasteiger charge is 2.25. The second kappa shape index (κ2) is 7.95. The second-order valence-corrected chi connectivity index (χ2v) is 10.4. The Labute approximate surface area is 167 Å². The number of fused-ring (bicyclic) bond motifs is 3. The molecule has 2 aromatic heterocycles. The van der Waals surface area contributed by atoms with Crippen LogP contribution in [0.2, 0.25) is 0 Å². The molecule has 0 aromatic carbocycles. The molecule has 0 saturated heterocycles. The van der Waals surface area contributed by atoms with E-state index in [1.165, 1.54) is 41.5 Å². The molecular formula is C20H27N3O2S2. The summed E-state index contributed by atoms with van der Waals surface area (Å²) >= 11 is 2.99. The van der Waals surface area contributed by atoms with Crippen molar-refractivity contribution in [3.8, 4) is 0 Å². The first-order chi connectivity index (χ1) is 13.0. The van der Waals surface area contributed by atoms with Crippen molar-refractivity contribution in [1.82, 2.24) is 15.3 Å². The van der Waals surface area contributed by atoms with Crippen molar-refractivity contribution in [2.45, 2.75) is 81.7 Å². The summed E-state index contributed by atoms with van der Waals surface area (Å²) in [4.78, 5) is 34.9. The maximum Gasteiger partial charge on any atom is 0.260 e. The van der Waals surface area contributed by atoms with Gasteiger partial charge in [-0.1, -0.05) is 37.9 Å². The van der Waals surface area contributed by atoms with Crippen molar-refractivity contribution < 1.29 is 4.79 Å². The summed E-state index contributed by atoms with van der Waals surface area (Å²) in [6.45, 7) is 4.15. The quantitative estimate of drug-likeness (QED) is 0.595. The largest absolute Gasteiger partial charge is 0.352 e. The first kappa shape index (κ1) is 19.0. The molecular weight excluding hydrogens is 378 g/mol. The van der Waals surface area contributed by atoms with Crippen LogP contribution in [0.25, 0.3) is 10.2 Å². The Balaban J connectivity index is 1.50. The van der Waals surface area contributed by atoms with Crippen LogP contribution in [-0.4, -0.2) is 27.2 Å². The van der Waals surface area contributed by atoms with E-state index in [2.05, 4.69) is 22.2 Å². The molecule has 2 heterocycles. The zero-order valence-corrected chi connectivity index (χ0v) is 17.6. The van der Waals surface area contributed by atoms with Gasteiger partial charge < -0.3 is 10.3 Å². The molecule has 5 nitrogen and oxygen atoms in total. The van der Waals surface area contributed by atoms with E-state index in [0.717, 1.165) is 42.3 Å². The molecule has 0 unspecified atom stereocenters. The van der Waals surface area contributed by atoms with Gasteiger partial charge in [0.2, 0.25) is 5.91 Å². The van der Waals surface area contributed by atoms with Crippen molar-refractivity contribution in [3.63, 3.8) is 0 Å². The minimum absolute atomic E-state index is 0.0361. The van der Waals surface area contributed by atoms with Crippen molar-refractivity contribution in [1.29, 1.82) is 0 Å². The van der Waals surface area contributed by atoms with Crippen LogP contribution in [0, 0.1) is 5.92 Å². The molecule has 0 radical (unpaired) electrons. The van der Waals surface area contributed by atoms with Crippen LogP contribution in [-0.2, 0) is 17.6 Å². The number of aromatic nitrogens is 2. The lowest BCUT2D eigenvalue weighted by atomic mass is 9.89. The zero-order valence-electron chi connectivity index (χ0n) is 16.0. The van der Waals surface area contributed by atoms with Crippen LogP contribution < -0.4 is 10.9 Å². The van der Waals surface area contributed by atoms with Crippen molar-refractivity contribution in [2.24, 2.45) is 5.92 Å². The number of thioether (sulfide) groups is 1. The maximum atomic E-state index is 12.7. The van der Waals surface area contributed by atoms with E-state index < -0.39 is 0 Å². The van der Waals surface area contributed by atoms with Gasteiger partial charge in [0.15, 0.2) is 5.16 Å². The van der Waals surface area contributed by atoms with Gasteiger partial charge in [0.25, 0.3) is 5.56 Å². The third-order valence-corrected chi connectivity index (χ3v) is 7.89. The highest BCUT2D eigenvalue weighted by molar-refractivity contribution is 8.00. The number of amides is 1. The normalized spacial score (nSPS) is 21.8. The van der Waals surface area contributed by atoms with Gasteiger partial charge in [0.1, 0.15) is 4.83 Å². The summed E-state index contributed by atoms with van der Waals surface area (Å²) in [6, 6.07) is 0.301. The molecule has 2 aliphatic rings. The lowest BCUT2D eigenvalue weighted by Crippen LogP contribution is -2.40. The second-order valence-electron chi connectivity index (χ2n) is 8.01. The molecule has 0 aliphatic heterocycles. The number of thiophene rings is 1. The third-order valence-electron chi connectivity index (χ3n) is 5.75. The Morgan fingerprint density at radius 1 is 1.30 bits per heavy atom. The molecule has 1 fully saturated rings. The standard InChI is InChI=1S/C20H27N3O2S2/c1-11-8-9-14-15(10-11)27-19-16(14)18(25)22-20(23-19)26-12(2)17(24)21-13-6-4-3-5-7-13/h11-13H,3-10H2,1-2H3,(H,21,24)(H,22,23,25)/t11-,12-/m0/s1. The fourth-order valence-corrected chi connectivity index (χ4v) is 6.42. The SMILES string of the molecule is C[C@H]1CCc2c(sc3nc(S[C@@H](C)C(=O)NC4CCCCC4)[nH]c(=O)c23)C1. The molecule has 27 heavy (non-hydrogen) atoms. The number of carbonyl (C=O) groups excluding carboxylic acids is 1. The minimum Gasteiger partial charge on any atom is -0.352 e. The van der Waals surface area contributed by atoms with E-state index in [4.69, 9.17) is 0 Å². The first-order valence-corrected chi connectivity index (χ1v) is 11.7.